The summed E-state index contributed by atoms with van der Waals surface area (Å²) in [5.41, 5.74) is 4.93. The highest BCUT2D eigenvalue weighted by molar-refractivity contribution is 5.93. The van der Waals surface area contributed by atoms with E-state index in [1.165, 1.54) is 0 Å². The van der Waals surface area contributed by atoms with Crippen molar-refractivity contribution in [2.75, 3.05) is 13.2 Å². The number of primary amides is 1. The number of imidazole rings is 1. The van der Waals surface area contributed by atoms with E-state index in [1.807, 2.05) is 0 Å². The summed E-state index contributed by atoms with van der Waals surface area (Å²) in [4.78, 5) is 27.1. The molecule has 1 saturated heterocycles. The van der Waals surface area contributed by atoms with Gasteiger partial charge in [-0.2, -0.15) is 0 Å². The Balaban J connectivity index is 2.36. The molecule has 10 nitrogen and oxygen atoms in total. The van der Waals surface area contributed by atoms with Crippen molar-refractivity contribution in [3.63, 3.8) is 0 Å². The van der Waals surface area contributed by atoms with E-state index in [0.29, 0.717) is 6.42 Å². The number of rotatable bonds is 6. The first-order chi connectivity index (χ1) is 10.9. The molecule has 0 aromatic carbocycles. The van der Waals surface area contributed by atoms with Gasteiger partial charge in [-0.3, -0.25) is 9.36 Å². The van der Waals surface area contributed by atoms with Gasteiger partial charge >= 0.3 is 5.97 Å². The predicted molar refractivity (Wildman–Crippen MR) is 74.3 cm³/mol. The van der Waals surface area contributed by atoms with Crippen LogP contribution in [0.15, 0.2) is 6.20 Å². The van der Waals surface area contributed by atoms with Crippen molar-refractivity contribution >= 4 is 11.9 Å². The molecule has 4 atom stereocenters. The van der Waals surface area contributed by atoms with Crippen LogP contribution in [0.25, 0.3) is 0 Å². The van der Waals surface area contributed by atoms with Crippen LogP contribution < -0.4 is 5.73 Å². The van der Waals surface area contributed by atoms with Gasteiger partial charge in [-0.25, -0.2) is 9.78 Å². The third kappa shape index (κ3) is 3.34. The average molecular weight is 329 g/mol. The van der Waals surface area contributed by atoms with Crippen molar-refractivity contribution in [1.82, 2.24) is 9.55 Å². The summed E-state index contributed by atoms with van der Waals surface area (Å²) in [5.74, 6) is -1.99. The lowest BCUT2D eigenvalue weighted by molar-refractivity contribution is -0.0542. The lowest BCUT2D eigenvalue weighted by Gasteiger charge is -2.18. The van der Waals surface area contributed by atoms with Crippen LogP contribution in [0.2, 0.25) is 0 Å². The van der Waals surface area contributed by atoms with Crippen molar-refractivity contribution in [3.05, 3.63) is 17.7 Å². The third-order valence-corrected chi connectivity index (χ3v) is 3.40. The Bertz CT molecular complexity index is 588. The van der Waals surface area contributed by atoms with Crippen LogP contribution in [-0.2, 0) is 9.47 Å². The van der Waals surface area contributed by atoms with Crippen LogP contribution in [0.1, 0.15) is 40.7 Å². The average Bonchev–Trinajstić information content (AvgIpc) is 3.08. The lowest BCUT2D eigenvalue weighted by atomic mass is 10.1. The number of amides is 1. The SMILES string of the molecule is CCCOC(=O)c1nc(C(N)=O)cn1[C@@H]1O[C@H](CO)[C@@H](O)[C@H]1O. The molecule has 1 aliphatic heterocycles. The number of nitrogens with two attached hydrogens (primary N) is 1. The molecule has 128 valence electrons. The molecule has 5 N–H and O–H groups in total. The molecule has 10 heteroatoms. The van der Waals surface area contributed by atoms with Gasteiger partial charge in [0.25, 0.3) is 5.91 Å². The van der Waals surface area contributed by atoms with Gasteiger partial charge in [0.1, 0.15) is 24.0 Å². The number of carbonyl (C=O) groups is 2. The van der Waals surface area contributed by atoms with Crippen molar-refractivity contribution in [2.24, 2.45) is 5.73 Å². The summed E-state index contributed by atoms with van der Waals surface area (Å²) >= 11 is 0. The van der Waals surface area contributed by atoms with E-state index >= 15 is 0 Å². The molecule has 0 aliphatic carbocycles. The number of nitrogens with zero attached hydrogens (tertiary/aromatic N) is 2. The van der Waals surface area contributed by atoms with E-state index in [4.69, 9.17) is 20.3 Å². The van der Waals surface area contributed by atoms with Crippen LogP contribution in [-0.4, -0.2) is 68.3 Å². The van der Waals surface area contributed by atoms with Crippen LogP contribution in [0.4, 0.5) is 0 Å². The van der Waals surface area contributed by atoms with Gasteiger partial charge in [-0.1, -0.05) is 6.92 Å². The van der Waals surface area contributed by atoms with Gasteiger partial charge < -0.3 is 30.5 Å². The van der Waals surface area contributed by atoms with Gasteiger partial charge in [-0.05, 0) is 6.42 Å². The van der Waals surface area contributed by atoms with Crippen molar-refractivity contribution in [2.45, 2.75) is 37.9 Å². The smallest absolute Gasteiger partial charge is 0.374 e. The second-order valence-corrected chi connectivity index (χ2v) is 5.09. The van der Waals surface area contributed by atoms with Gasteiger partial charge in [0.05, 0.1) is 13.2 Å². The standard InChI is InChI=1S/C13H19N3O7/c1-2-3-22-13(21)11-15-6(10(14)20)4-16(11)12-9(19)8(18)7(5-17)23-12/h4,7-9,12,17-19H,2-3,5H2,1H3,(H2,14,20)/t7-,8-,9-,12-/m1/s1. The minimum Gasteiger partial charge on any atom is -0.460 e. The number of aromatic nitrogens is 2. The molecular formula is C13H19N3O7. The number of carbonyl (C=O) groups excluding carboxylic acids is 2. The van der Waals surface area contributed by atoms with Gasteiger partial charge in [0.2, 0.25) is 5.82 Å². The molecule has 1 fully saturated rings. The molecule has 2 heterocycles. The molecule has 0 unspecified atom stereocenters. The largest absolute Gasteiger partial charge is 0.460 e. The quantitative estimate of drug-likeness (QED) is 0.443. The second kappa shape index (κ2) is 7.04. The summed E-state index contributed by atoms with van der Waals surface area (Å²) in [6, 6.07) is 0. The Morgan fingerprint density at radius 2 is 2.13 bits per heavy atom. The molecule has 0 saturated carbocycles. The Labute approximate surface area is 131 Å². The molecule has 2 rings (SSSR count). The summed E-state index contributed by atoms with van der Waals surface area (Å²) in [6.07, 6.45) is -3.32. The Morgan fingerprint density at radius 1 is 1.43 bits per heavy atom. The van der Waals surface area contributed by atoms with E-state index in [1.54, 1.807) is 6.92 Å². The van der Waals surface area contributed by atoms with Crippen LogP contribution >= 0.6 is 0 Å². The number of hydrogen-bond donors (Lipinski definition) is 4. The topological polar surface area (TPSA) is 157 Å². The molecular weight excluding hydrogens is 310 g/mol. The highest BCUT2D eigenvalue weighted by atomic mass is 16.6. The molecule has 0 bridgehead atoms. The van der Waals surface area contributed by atoms with Crippen molar-refractivity contribution in [1.29, 1.82) is 0 Å². The lowest BCUT2D eigenvalue weighted by Crippen LogP contribution is -2.33. The Hall–Kier alpha value is -2.01. The zero-order valence-corrected chi connectivity index (χ0v) is 12.5. The molecule has 23 heavy (non-hydrogen) atoms. The van der Waals surface area contributed by atoms with E-state index in [-0.39, 0.29) is 18.1 Å². The van der Waals surface area contributed by atoms with Crippen LogP contribution in [0.5, 0.6) is 0 Å². The minimum absolute atomic E-state index is 0.146. The fraction of sp³-hybridized carbons (Fsp3) is 0.615. The van der Waals surface area contributed by atoms with Gasteiger partial charge in [-0.15, -0.1) is 0 Å². The monoisotopic (exact) mass is 329 g/mol. The van der Waals surface area contributed by atoms with E-state index in [9.17, 15) is 19.8 Å². The molecule has 1 aliphatic rings. The normalized spacial score (nSPS) is 27.1. The highest BCUT2D eigenvalue weighted by Crippen LogP contribution is 2.30. The first-order valence-electron chi connectivity index (χ1n) is 7.09. The predicted octanol–water partition coefficient (Wildman–Crippen LogP) is -1.84. The molecule has 1 aromatic rings. The van der Waals surface area contributed by atoms with E-state index in [2.05, 4.69) is 4.98 Å². The van der Waals surface area contributed by atoms with Crippen LogP contribution in [0, 0.1) is 0 Å². The first kappa shape index (κ1) is 17.3. The second-order valence-electron chi connectivity index (χ2n) is 5.09. The molecule has 0 spiro atoms. The van der Waals surface area contributed by atoms with Crippen molar-refractivity contribution < 1.29 is 34.4 Å². The number of esters is 1. The number of aliphatic hydroxyl groups is 3. The van der Waals surface area contributed by atoms with Crippen molar-refractivity contribution in [3.8, 4) is 0 Å². The highest BCUT2D eigenvalue weighted by Gasteiger charge is 2.44. The maximum Gasteiger partial charge on any atom is 0.374 e. The minimum atomic E-state index is -1.43. The third-order valence-electron chi connectivity index (χ3n) is 3.40. The van der Waals surface area contributed by atoms with E-state index in [0.717, 1.165) is 10.8 Å². The maximum atomic E-state index is 12.0. The number of hydrogen-bond acceptors (Lipinski definition) is 8. The fourth-order valence-electron chi connectivity index (χ4n) is 2.23. The number of aliphatic hydroxyl groups excluding tert-OH is 3. The summed E-state index contributed by atoms with van der Waals surface area (Å²) < 4.78 is 11.4. The van der Waals surface area contributed by atoms with E-state index < -0.39 is 43.0 Å². The maximum absolute atomic E-state index is 12.0. The summed E-state index contributed by atoms with van der Waals surface area (Å²) in [5, 5.41) is 29.0. The fourth-order valence-corrected chi connectivity index (χ4v) is 2.23. The van der Waals surface area contributed by atoms with Gasteiger partial charge in [0, 0.05) is 6.20 Å². The molecule has 0 radical (unpaired) electrons. The Morgan fingerprint density at radius 3 is 2.65 bits per heavy atom. The first-order valence-corrected chi connectivity index (χ1v) is 7.09. The Kier molecular flexibility index (Phi) is 5.31. The summed E-state index contributed by atoms with van der Waals surface area (Å²) in [7, 11) is 0. The zero-order chi connectivity index (χ0) is 17.1. The molecule has 1 amide bonds. The molecule has 1 aromatic heterocycles. The summed E-state index contributed by atoms with van der Waals surface area (Å²) in [6.45, 7) is 1.43. The number of ether oxygens (including phenoxy) is 2. The van der Waals surface area contributed by atoms with Gasteiger partial charge in [0.15, 0.2) is 6.23 Å². The zero-order valence-electron chi connectivity index (χ0n) is 12.5. The van der Waals surface area contributed by atoms with Crippen LogP contribution in [0.3, 0.4) is 0 Å².